The van der Waals surface area contributed by atoms with Crippen LogP contribution in [0.5, 0.6) is 0 Å². The first kappa shape index (κ1) is 75.0. The zero-order valence-electron chi connectivity index (χ0n) is 67.6. The first-order valence-electron chi connectivity index (χ1n) is 43.1. The minimum atomic E-state index is 1.12. The fourth-order valence-electron chi connectivity index (χ4n) is 19.8. The van der Waals surface area contributed by atoms with Gasteiger partial charge in [0.2, 0.25) is 0 Å². The molecule has 119 heavy (non-hydrogen) atoms. The second kappa shape index (κ2) is 34.0. The van der Waals surface area contributed by atoms with Gasteiger partial charge in [0.05, 0.1) is 0 Å². The van der Waals surface area contributed by atoms with Gasteiger partial charge in [-0.05, 0) is 301 Å². The van der Waals surface area contributed by atoms with Gasteiger partial charge in [-0.15, -0.1) is 22.7 Å². The standard InChI is InChI=1S/C42H32.C38H32S.C37H30S/c1-3-15-29(16-4-1)31-25-13-27-34-33(31)26-14-28-36(34)42-39-23-11-9-21-37(39)41(38-22-10-12-24-40(38)42)35-20-8-7-19-32(35)30-17-5-2-6-18-30;1-2-5-15-29(16-6-3-1)37-31-17-9-11-19-33(31)38(34-20-12-10-18-32(34)37)30-23-21-28(22-24-30)36-26-25-35(39-36)27-13-7-4-8-14-27;1-25-12-5-6-17-29(25)37-32-20-9-7-18-30(32)36(31-19-8-10-21-33(31)37)28-16-11-15-27(24-28)35-23-22-34(38-35)26-13-3-2-4-14-26/h1-6,9-18,21-28H,7-8,19-20H2;4,7-15,17-26H,1-3,5-6,16H2;2-4,7-11,13-16,18-24H,5-6,12,17H2,1H3/b;29-15+;. The second-order valence-corrected chi connectivity index (χ2v) is 34.7. The van der Waals surface area contributed by atoms with Crippen molar-refractivity contribution in [3.63, 3.8) is 0 Å². The van der Waals surface area contributed by atoms with Gasteiger partial charge < -0.3 is 0 Å². The lowest BCUT2D eigenvalue weighted by molar-refractivity contribution is 0.644. The van der Waals surface area contributed by atoms with Crippen LogP contribution in [-0.2, 0) is 0 Å². The summed E-state index contributed by atoms with van der Waals surface area (Å²) in [6.45, 7) is 2.35. The summed E-state index contributed by atoms with van der Waals surface area (Å²) in [5, 5.41) is 18.9. The molecule has 17 aromatic carbocycles. The lowest BCUT2D eigenvalue weighted by Gasteiger charge is -2.25. The average molecular weight is 1560 g/mol. The molecule has 574 valence electrons. The molecule has 2 aromatic heterocycles. The Hall–Kier alpha value is -12.8. The van der Waals surface area contributed by atoms with Crippen molar-refractivity contribution < 1.29 is 0 Å². The van der Waals surface area contributed by atoms with Crippen LogP contribution in [0, 0.1) is 0 Å². The van der Waals surface area contributed by atoms with Crippen LogP contribution in [0.25, 0.3) is 184 Å². The molecule has 3 aliphatic carbocycles. The van der Waals surface area contributed by atoms with E-state index in [0.29, 0.717) is 0 Å². The minimum Gasteiger partial charge on any atom is -0.135 e. The molecule has 2 heteroatoms. The van der Waals surface area contributed by atoms with E-state index in [0.717, 1.165) is 12.8 Å². The summed E-state index contributed by atoms with van der Waals surface area (Å²) in [5.41, 5.74) is 28.9. The quantitative estimate of drug-likeness (QED) is 0.107. The molecule has 3 aliphatic rings. The maximum atomic E-state index is 2.53. The number of thiophene rings is 2. The number of hydrogen-bond donors (Lipinski definition) is 0. The largest absolute Gasteiger partial charge is 0.135 e. The van der Waals surface area contributed by atoms with E-state index in [2.05, 4.69) is 389 Å². The van der Waals surface area contributed by atoms with Crippen molar-refractivity contribution in [1.29, 1.82) is 0 Å². The Morgan fingerprint density at radius 1 is 0.185 bits per heavy atom. The highest BCUT2D eigenvalue weighted by molar-refractivity contribution is 7.19. The summed E-state index contributed by atoms with van der Waals surface area (Å²) in [5.74, 6) is 0. The zero-order chi connectivity index (χ0) is 79.4. The van der Waals surface area contributed by atoms with Crippen molar-refractivity contribution in [2.24, 2.45) is 0 Å². The predicted octanol–water partition coefficient (Wildman–Crippen LogP) is 35.2. The Bertz CT molecular complexity index is 6900. The van der Waals surface area contributed by atoms with Gasteiger partial charge in [0, 0.05) is 19.5 Å². The van der Waals surface area contributed by atoms with Crippen molar-refractivity contribution in [3.8, 4) is 86.3 Å². The molecule has 0 bridgehead atoms. The number of allylic oxidation sites excluding steroid dienone is 6. The van der Waals surface area contributed by atoms with Crippen LogP contribution in [0.1, 0.15) is 119 Å². The zero-order valence-corrected chi connectivity index (χ0v) is 69.2. The van der Waals surface area contributed by atoms with E-state index in [1.54, 1.807) is 11.1 Å². The fourth-order valence-corrected chi connectivity index (χ4v) is 21.8. The van der Waals surface area contributed by atoms with Crippen LogP contribution in [0.15, 0.2) is 388 Å². The van der Waals surface area contributed by atoms with Crippen LogP contribution >= 0.6 is 22.7 Å². The van der Waals surface area contributed by atoms with E-state index in [1.807, 2.05) is 22.7 Å². The molecule has 0 nitrogen and oxygen atoms in total. The lowest BCUT2D eigenvalue weighted by atomic mass is 9.78. The molecule has 0 N–H and O–H groups in total. The SMILES string of the molecule is C1=C(/c2c3ccccc3c(-c3ccc(-c4ccc(-c5ccccc5)s4)cc3)c3ccccc23)CCCCCC/1.CC1=C(c2c3ccccc3c(-c3cccc(-c4ccc(-c5ccccc5)s4)c3)c3ccccc23)CCCC1.c1ccc(C2=C(c3c4ccccc4c(-c4cccc5c(-c6ccccc6)cccc45)c4ccccc34)CCCC2)cc1. The lowest BCUT2D eigenvalue weighted by Crippen LogP contribution is -2.02. The van der Waals surface area contributed by atoms with Crippen molar-refractivity contribution in [2.45, 2.75) is 96.8 Å². The normalized spacial score (nSPS) is 14.4. The molecule has 19 aromatic rings. The first-order valence-corrected chi connectivity index (χ1v) is 44.7. The highest BCUT2D eigenvalue weighted by atomic mass is 32.1. The van der Waals surface area contributed by atoms with Gasteiger partial charge in [0.15, 0.2) is 0 Å². The highest BCUT2D eigenvalue weighted by Crippen LogP contribution is 2.52. The van der Waals surface area contributed by atoms with Crippen LogP contribution < -0.4 is 0 Å². The summed E-state index contributed by atoms with van der Waals surface area (Å²) in [6.07, 6.45) is 19.9. The van der Waals surface area contributed by atoms with Crippen LogP contribution in [0.4, 0.5) is 0 Å². The molecule has 0 spiro atoms. The Balaban J connectivity index is 0.000000114. The first-order chi connectivity index (χ1) is 59.0. The Kier molecular flexibility index (Phi) is 21.4. The summed E-state index contributed by atoms with van der Waals surface area (Å²) in [4.78, 5) is 5.23. The molecular weight excluding hydrogens is 1470 g/mol. The molecule has 0 saturated carbocycles. The van der Waals surface area contributed by atoms with Gasteiger partial charge in [0.25, 0.3) is 0 Å². The third-order valence-corrected chi connectivity index (χ3v) is 27.7. The van der Waals surface area contributed by atoms with Gasteiger partial charge in [-0.3, -0.25) is 0 Å². The summed E-state index contributed by atoms with van der Waals surface area (Å²) < 4.78 is 0. The van der Waals surface area contributed by atoms with Gasteiger partial charge in [-0.2, -0.15) is 0 Å². The minimum absolute atomic E-state index is 1.12. The van der Waals surface area contributed by atoms with Gasteiger partial charge in [0.1, 0.15) is 0 Å². The Labute approximate surface area is 708 Å². The van der Waals surface area contributed by atoms with Crippen LogP contribution in [0.3, 0.4) is 0 Å². The maximum absolute atomic E-state index is 2.53. The number of benzene rings is 17. The molecule has 0 fully saturated rings. The topological polar surface area (TPSA) is 0 Å². The Morgan fingerprint density at radius 2 is 0.504 bits per heavy atom. The Morgan fingerprint density at radius 3 is 1.00 bits per heavy atom. The molecule has 0 aliphatic heterocycles. The molecule has 0 saturated heterocycles. The summed E-state index contributed by atoms with van der Waals surface area (Å²) >= 11 is 3.73. The van der Waals surface area contributed by atoms with Crippen molar-refractivity contribution in [1.82, 2.24) is 0 Å². The van der Waals surface area contributed by atoms with Crippen LogP contribution in [0.2, 0.25) is 0 Å². The van der Waals surface area contributed by atoms with Gasteiger partial charge >= 0.3 is 0 Å². The number of rotatable bonds is 12. The van der Waals surface area contributed by atoms with Crippen molar-refractivity contribution >= 4 is 120 Å². The molecular formula is C117H94S2. The van der Waals surface area contributed by atoms with E-state index in [1.165, 1.54) is 278 Å². The van der Waals surface area contributed by atoms with E-state index in [9.17, 15) is 0 Å². The maximum Gasteiger partial charge on any atom is 0.0349 e. The van der Waals surface area contributed by atoms with Crippen molar-refractivity contribution in [2.75, 3.05) is 0 Å². The van der Waals surface area contributed by atoms with Gasteiger partial charge in [-0.1, -0.05) is 370 Å². The van der Waals surface area contributed by atoms with Crippen LogP contribution in [-0.4, -0.2) is 0 Å². The molecule has 2 heterocycles. The van der Waals surface area contributed by atoms with E-state index >= 15 is 0 Å². The van der Waals surface area contributed by atoms with Gasteiger partial charge in [-0.25, -0.2) is 0 Å². The summed E-state index contributed by atoms with van der Waals surface area (Å²) in [6, 6.07) is 139. The monoisotopic (exact) mass is 1560 g/mol. The molecule has 0 radical (unpaired) electrons. The highest BCUT2D eigenvalue weighted by Gasteiger charge is 2.26. The molecule has 0 amide bonds. The third kappa shape index (κ3) is 14.8. The molecule has 22 rings (SSSR count). The molecule has 0 atom stereocenters. The smallest absolute Gasteiger partial charge is 0.0349 e. The number of fused-ring (bicyclic) bond motifs is 7. The second-order valence-electron chi connectivity index (χ2n) is 32.5. The number of hydrogen-bond acceptors (Lipinski definition) is 2. The van der Waals surface area contributed by atoms with Crippen molar-refractivity contribution in [3.05, 3.63) is 410 Å². The molecule has 0 unspecified atom stereocenters. The average Bonchev–Trinajstić information content (AvgIpc) is 1.71. The van der Waals surface area contributed by atoms with E-state index in [4.69, 9.17) is 0 Å². The van der Waals surface area contributed by atoms with E-state index < -0.39 is 0 Å². The summed E-state index contributed by atoms with van der Waals surface area (Å²) in [7, 11) is 0. The third-order valence-electron chi connectivity index (χ3n) is 25.3. The fraction of sp³-hybridized carbons (Fsp3) is 0.128. The van der Waals surface area contributed by atoms with E-state index in [-0.39, 0.29) is 0 Å². The predicted molar refractivity (Wildman–Crippen MR) is 520 cm³/mol.